The van der Waals surface area contributed by atoms with E-state index in [9.17, 15) is 4.79 Å². The number of hydrogen-bond acceptors (Lipinski definition) is 4. The third kappa shape index (κ3) is 5.43. The third-order valence-corrected chi connectivity index (χ3v) is 5.16. The Balaban J connectivity index is 0.000000187. The zero-order chi connectivity index (χ0) is 21.9. The van der Waals surface area contributed by atoms with Crippen molar-refractivity contribution in [3.63, 3.8) is 0 Å². The normalized spacial score (nSPS) is 13.9. The van der Waals surface area contributed by atoms with E-state index in [1.54, 1.807) is 11.1 Å². The van der Waals surface area contributed by atoms with Crippen molar-refractivity contribution in [2.75, 3.05) is 13.1 Å². The number of halogens is 2. The summed E-state index contributed by atoms with van der Waals surface area (Å²) in [7, 11) is 1.93. The van der Waals surface area contributed by atoms with Crippen LogP contribution < -0.4 is 0 Å². The molecule has 1 aliphatic heterocycles. The molecule has 3 heterocycles. The van der Waals surface area contributed by atoms with Gasteiger partial charge in [-0.05, 0) is 57.3 Å². The lowest BCUT2D eigenvalue weighted by Crippen LogP contribution is -2.34. The fourth-order valence-corrected chi connectivity index (χ4v) is 3.60. The van der Waals surface area contributed by atoms with Crippen molar-refractivity contribution in [1.82, 2.24) is 19.4 Å². The molecule has 1 aromatic carbocycles. The molecule has 30 heavy (non-hydrogen) atoms. The molecule has 0 spiro atoms. The van der Waals surface area contributed by atoms with Crippen molar-refractivity contribution in [3.05, 3.63) is 46.8 Å². The number of nitrogens with zero attached hydrogens (tertiary/aromatic N) is 4. The summed E-state index contributed by atoms with van der Waals surface area (Å²) in [6.07, 6.45) is 3.77. The zero-order valence-corrected chi connectivity index (χ0v) is 19.2. The number of benzene rings is 1. The summed E-state index contributed by atoms with van der Waals surface area (Å²) in [4.78, 5) is 21.3. The van der Waals surface area contributed by atoms with Crippen LogP contribution >= 0.6 is 23.2 Å². The Hall–Kier alpha value is -2.31. The van der Waals surface area contributed by atoms with E-state index >= 15 is 0 Å². The van der Waals surface area contributed by atoms with E-state index < -0.39 is 0 Å². The maximum Gasteiger partial charge on any atom is 0.410 e. The van der Waals surface area contributed by atoms with Gasteiger partial charge in [0.05, 0.1) is 5.69 Å². The van der Waals surface area contributed by atoms with Gasteiger partial charge in [-0.2, -0.15) is 4.98 Å². The second-order valence-corrected chi connectivity index (χ2v) is 8.91. The summed E-state index contributed by atoms with van der Waals surface area (Å²) < 4.78 is 7.17. The molecule has 0 bridgehead atoms. The average Bonchev–Trinajstić information content (AvgIpc) is 3.31. The molecular weight excluding hydrogens is 423 g/mol. The molecule has 1 amide bonds. The van der Waals surface area contributed by atoms with Gasteiger partial charge < -0.3 is 14.2 Å². The molecule has 4 rings (SSSR count). The van der Waals surface area contributed by atoms with Crippen LogP contribution in [0.4, 0.5) is 4.79 Å². The number of fused-ring (bicyclic) bond motifs is 1. The summed E-state index contributed by atoms with van der Waals surface area (Å²) >= 11 is 12.0. The molecule has 0 saturated carbocycles. The molecule has 6 nitrogen and oxygen atoms in total. The molecule has 3 aromatic rings. The minimum Gasteiger partial charge on any atom is -0.444 e. The number of aryl methyl sites for hydroxylation is 1. The molecule has 0 radical (unpaired) electrons. The molecule has 0 aliphatic carbocycles. The minimum absolute atomic E-state index is 0.167. The molecule has 8 heteroatoms. The monoisotopic (exact) mass is 448 g/mol. The summed E-state index contributed by atoms with van der Waals surface area (Å²) in [5.41, 5.74) is 2.40. The minimum atomic E-state index is -0.361. The molecular formula is C22H26Cl2N4O2. The van der Waals surface area contributed by atoms with Crippen LogP contribution in [-0.2, 0) is 11.8 Å². The predicted molar refractivity (Wildman–Crippen MR) is 121 cm³/mol. The van der Waals surface area contributed by atoms with Crippen LogP contribution in [0, 0.1) is 0 Å². The van der Waals surface area contributed by atoms with Gasteiger partial charge >= 0.3 is 6.09 Å². The highest BCUT2D eigenvalue weighted by molar-refractivity contribution is 6.33. The van der Waals surface area contributed by atoms with Gasteiger partial charge in [-0.3, -0.25) is 0 Å². The molecule has 0 N–H and O–H groups in total. The standard InChI is InChI=1S/C13H9Cl2N3.C9H17NO2/c1-18-11(9-4-2-3-5-10(9)14)6-8-7-16-13(15)17-12(8)18;1-9(2,3)12-8(11)10-6-4-5-7-10/h2-7H,1H3;4-7H2,1-3H3. The first-order chi connectivity index (χ1) is 14.2. The van der Waals surface area contributed by atoms with Gasteiger partial charge in [0.2, 0.25) is 5.28 Å². The van der Waals surface area contributed by atoms with Crippen LogP contribution in [0.1, 0.15) is 33.6 Å². The second kappa shape index (κ2) is 9.23. The topological polar surface area (TPSA) is 60.2 Å². The van der Waals surface area contributed by atoms with E-state index in [1.165, 1.54) is 0 Å². The van der Waals surface area contributed by atoms with E-state index in [1.807, 2.05) is 62.7 Å². The third-order valence-electron chi connectivity index (χ3n) is 4.65. The van der Waals surface area contributed by atoms with Crippen LogP contribution in [-0.4, -0.2) is 44.2 Å². The van der Waals surface area contributed by atoms with Gasteiger partial charge in [0.1, 0.15) is 11.2 Å². The quantitative estimate of drug-likeness (QED) is 0.430. The van der Waals surface area contributed by atoms with Crippen LogP contribution in [0.15, 0.2) is 36.5 Å². The highest BCUT2D eigenvalue weighted by Gasteiger charge is 2.23. The first-order valence-corrected chi connectivity index (χ1v) is 10.6. The Bertz CT molecular complexity index is 1040. The van der Waals surface area contributed by atoms with Crippen LogP contribution in [0.5, 0.6) is 0 Å². The van der Waals surface area contributed by atoms with Gasteiger partial charge in [-0.15, -0.1) is 0 Å². The summed E-state index contributed by atoms with van der Waals surface area (Å²) in [6.45, 7) is 7.38. The molecule has 1 aliphatic rings. The Morgan fingerprint density at radius 2 is 1.80 bits per heavy atom. The Labute approximate surface area is 186 Å². The SMILES string of the molecule is CC(C)(C)OC(=O)N1CCCC1.Cn1c(-c2ccccc2Cl)cc2cnc(Cl)nc21. The second-order valence-electron chi connectivity index (χ2n) is 8.16. The fourth-order valence-electron chi connectivity index (χ4n) is 3.24. The predicted octanol–water partition coefficient (Wildman–Crippen LogP) is 5.96. The zero-order valence-electron chi connectivity index (χ0n) is 17.7. The Kier molecular flexibility index (Phi) is 6.88. The number of ether oxygens (including phenoxy) is 1. The molecule has 0 unspecified atom stereocenters. The lowest BCUT2D eigenvalue weighted by molar-refractivity contribution is 0.0295. The van der Waals surface area contributed by atoms with Gasteiger partial charge in [0.15, 0.2) is 0 Å². The van der Waals surface area contributed by atoms with Gasteiger partial charge in [-0.1, -0.05) is 29.8 Å². The lowest BCUT2D eigenvalue weighted by Gasteiger charge is -2.23. The van der Waals surface area contributed by atoms with E-state index in [-0.39, 0.29) is 17.0 Å². The number of aromatic nitrogens is 3. The fraction of sp³-hybridized carbons (Fsp3) is 0.409. The van der Waals surface area contributed by atoms with Crippen molar-refractivity contribution < 1.29 is 9.53 Å². The van der Waals surface area contributed by atoms with E-state index in [4.69, 9.17) is 27.9 Å². The van der Waals surface area contributed by atoms with E-state index in [0.29, 0.717) is 5.02 Å². The first-order valence-electron chi connectivity index (χ1n) is 9.86. The number of carbonyl (C=O) groups excluding carboxylic acids is 1. The Morgan fingerprint density at radius 1 is 1.13 bits per heavy atom. The highest BCUT2D eigenvalue weighted by atomic mass is 35.5. The maximum absolute atomic E-state index is 11.4. The number of rotatable bonds is 1. The Morgan fingerprint density at radius 3 is 2.43 bits per heavy atom. The van der Waals surface area contributed by atoms with Gasteiger partial charge in [-0.25, -0.2) is 9.78 Å². The number of hydrogen-bond donors (Lipinski definition) is 0. The van der Waals surface area contributed by atoms with Crippen LogP contribution in [0.2, 0.25) is 10.3 Å². The smallest absolute Gasteiger partial charge is 0.410 e. The molecule has 160 valence electrons. The molecule has 1 fully saturated rings. The first kappa shape index (κ1) is 22.4. The average molecular weight is 449 g/mol. The van der Waals surface area contributed by atoms with Crippen molar-refractivity contribution in [1.29, 1.82) is 0 Å². The van der Waals surface area contributed by atoms with Crippen molar-refractivity contribution in [3.8, 4) is 11.3 Å². The number of amides is 1. The van der Waals surface area contributed by atoms with Crippen LogP contribution in [0.25, 0.3) is 22.3 Å². The summed E-state index contributed by atoms with van der Waals surface area (Å²) in [6, 6.07) is 9.72. The summed E-state index contributed by atoms with van der Waals surface area (Å²) in [5.74, 6) is 0. The van der Waals surface area contributed by atoms with E-state index in [0.717, 1.165) is 48.2 Å². The van der Waals surface area contributed by atoms with Crippen molar-refractivity contribution >= 4 is 40.3 Å². The van der Waals surface area contributed by atoms with Crippen molar-refractivity contribution in [2.45, 2.75) is 39.2 Å². The number of carbonyl (C=O) groups is 1. The highest BCUT2D eigenvalue weighted by Crippen LogP contribution is 2.31. The molecule has 2 aromatic heterocycles. The van der Waals surface area contributed by atoms with Gasteiger partial charge in [0, 0.05) is 42.3 Å². The number of likely N-dealkylation sites (tertiary alicyclic amines) is 1. The van der Waals surface area contributed by atoms with Crippen molar-refractivity contribution in [2.24, 2.45) is 7.05 Å². The molecule has 1 saturated heterocycles. The van der Waals surface area contributed by atoms with Crippen LogP contribution in [0.3, 0.4) is 0 Å². The molecule has 0 atom stereocenters. The largest absolute Gasteiger partial charge is 0.444 e. The van der Waals surface area contributed by atoms with Gasteiger partial charge in [0.25, 0.3) is 0 Å². The van der Waals surface area contributed by atoms with E-state index in [2.05, 4.69) is 9.97 Å². The maximum atomic E-state index is 11.4. The summed E-state index contributed by atoms with van der Waals surface area (Å²) in [5, 5.41) is 1.90. The lowest BCUT2D eigenvalue weighted by atomic mass is 10.1.